The lowest BCUT2D eigenvalue weighted by atomic mass is 10.1. The molecule has 0 aliphatic carbocycles. The third kappa shape index (κ3) is 4.96. The first-order valence-corrected chi connectivity index (χ1v) is 9.32. The smallest absolute Gasteiger partial charge is 0.313 e. The van der Waals surface area contributed by atoms with Crippen LogP contribution in [0.4, 0.5) is 10.1 Å². The molecule has 0 spiro atoms. The Morgan fingerprint density at radius 2 is 1.71 bits per heavy atom. The van der Waals surface area contributed by atoms with E-state index in [1.165, 1.54) is 24.3 Å². The molecule has 2 N–H and O–H groups in total. The molecule has 1 atom stereocenters. The molecule has 28 heavy (non-hydrogen) atoms. The molecule has 150 valence electrons. The minimum atomic E-state index is -0.768. The number of benzene rings is 1. The van der Waals surface area contributed by atoms with Crippen LogP contribution in [0.5, 0.6) is 0 Å². The first-order valence-electron chi connectivity index (χ1n) is 9.32. The van der Waals surface area contributed by atoms with Crippen molar-refractivity contribution in [3.63, 3.8) is 0 Å². The molecule has 1 aromatic carbocycles. The highest BCUT2D eigenvalue weighted by atomic mass is 19.1. The normalized spacial score (nSPS) is 16.5. The Morgan fingerprint density at radius 1 is 1.04 bits per heavy atom. The Morgan fingerprint density at radius 3 is 2.32 bits per heavy atom. The molecule has 1 fully saturated rings. The minimum Gasteiger partial charge on any atom is -0.353 e. The van der Waals surface area contributed by atoms with Crippen molar-refractivity contribution in [3.8, 4) is 0 Å². The number of aryl methyl sites for hydroxylation is 1. The number of nitrogens with one attached hydrogen (secondary N) is 2. The first kappa shape index (κ1) is 20.0. The summed E-state index contributed by atoms with van der Waals surface area (Å²) in [7, 11) is 4.07. The summed E-state index contributed by atoms with van der Waals surface area (Å²) < 4.78 is 15.0. The van der Waals surface area contributed by atoms with Gasteiger partial charge in [0.25, 0.3) is 0 Å². The number of carbonyl (C=O) groups is 2. The quantitative estimate of drug-likeness (QED) is 0.757. The molecular formula is C20H26FN5O2. The number of aromatic nitrogens is 1. The Labute approximate surface area is 164 Å². The number of amides is 2. The maximum atomic E-state index is 13.0. The summed E-state index contributed by atoms with van der Waals surface area (Å²) in [5.41, 5.74) is 1.46. The third-order valence-corrected chi connectivity index (χ3v) is 5.07. The largest absolute Gasteiger partial charge is 0.353 e. The molecule has 1 aromatic heterocycles. The first-order chi connectivity index (χ1) is 13.4. The van der Waals surface area contributed by atoms with E-state index in [0.29, 0.717) is 12.2 Å². The van der Waals surface area contributed by atoms with Crippen molar-refractivity contribution in [2.24, 2.45) is 7.05 Å². The minimum absolute atomic E-state index is 0.0173. The fourth-order valence-electron chi connectivity index (χ4n) is 3.37. The third-order valence-electron chi connectivity index (χ3n) is 5.07. The summed E-state index contributed by atoms with van der Waals surface area (Å²) in [5.74, 6) is -1.88. The fraction of sp³-hybridized carbons (Fsp3) is 0.400. The lowest BCUT2D eigenvalue weighted by Gasteiger charge is -2.38. The summed E-state index contributed by atoms with van der Waals surface area (Å²) in [4.78, 5) is 29.0. The van der Waals surface area contributed by atoms with Crippen LogP contribution < -0.4 is 10.6 Å². The van der Waals surface area contributed by atoms with Gasteiger partial charge in [0, 0.05) is 57.3 Å². The van der Waals surface area contributed by atoms with Crippen molar-refractivity contribution in [3.05, 3.63) is 54.1 Å². The summed E-state index contributed by atoms with van der Waals surface area (Å²) in [5, 5.41) is 5.23. The van der Waals surface area contributed by atoms with Gasteiger partial charge in [0.2, 0.25) is 0 Å². The number of carbonyl (C=O) groups excluding carboxylic acids is 2. The predicted molar refractivity (Wildman–Crippen MR) is 105 cm³/mol. The fourth-order valence-corrected chi connectivity index (χ4v) is 3.37. The SMILES string of the molecule is CN1CCN(C(CNC(=O)C(=O)Nc2ccc(F)cc2)c2cccn2C)CC1. The van der Waals surface area contributed by atoms with Crippen LogP contribution in [0.2, 0.25) is 0 Å². The Kier molecular flexibility index (Phi) is 6.43. The maximum absolute atomic E-state index is 13.0. The molecule has 1 aliphatic rings. The molecule has 1 aliphatic heterocycles. The van der Waals surface area contributed by atoms with E-state index in [-0.39, 0.29) is 6.04 Å². The van der Waals surface area contributed by atoms with Crippen molar-refractivity contribution in [2.75, 3.05) is 45.1 Å². The van der Waals surface area contributed by atoms with E-state index in [2.05, 4.69) is 27.5 Å². The van der Waals surface area contributed by atoms with Gasteiger partial charge < -0.3 is 20.1 Å². The zero-order chi connectivity index (χ0) is 20.1. The Balaban J connectivity index is 1.62. The second-order valence-corrected chi connectivity index (χ2v) is 7.07. The van der Waals surface area contributed by atoms with E-state index in [1.54, 1.807) is 0 Å². The van der Waals surface area contributed by atoms with Crippen molar-refractivity contribution < 1.29 is 14.0 Å². The second kappa shape index (κ2) is 8.99. The predicted octanol–water partition coefficient (Wildman–Crippen LogP) is 1.21. The topological polar surface area (TPSA) is 69.6 Å². The van der Waals surface area contributed by atoms with E-state index >= 15 is 0 Å². The zero-order valence-corrected chi connectivity index (χ0v) is 16.2. The maximum Gasteiger partial charge on any atom is 0.313 e. The molecular weight excluding hydrogens is 361 g/mol. The van der Waals surface area contributed by atoms with E-state index in [9.17, 15) is 14.0 Å². The average molecular weight is 387 g/mol. The number of anilines is 1. The van der Waals surface area contributed by atoms with Crippen LogP contribution in [0.1, 0.15) is 11.7 Å². The molecule has 2 aromatic rings. The summed E-state index contributed by atoms with van der Waals surface area (Å²) in [6.45, 7) is 4.03. The molecule has 1 unspecified atom stereocenters. The van der Waals surface area contributed by atoms with Gasteiger partial charge in [-0.25, -0.2) is 4.39 Å². The number of hydrogen-bond acceptors (Lipinski definition) is 4. The molecule has 2 amide bonds. The number of likely N-dealkylation sites (N-methyl/N-ethyl adjacent to an activating group) is 1. The van der Waals surface area contributed by atoms with E-state index in [1.807, 2.05) is 29.9 Å². The number of piperazine rings is 1. The Bertz CT molecular complexity index is 812. The van der Waals surface area contributed by atoms with Gasteiger partial charge >= 0.3 is 11.8 Å². The van der Waals surface area contributed by atoms with Crippen LogP contribution in [0, 0.1) is 5.82 Å². The standard InChI is InChI=1S/C20H26FN5O2/c1-24-10-12-26(13-11-24)18(17-4-3-9-25(17)2)14-22-19(27)20(28)23-16-7-5-15(21)6-8-16/h3-9,18H,10-14H2,1-2H3,(H,22,27)(H,23,28). The van der Waals surface area contributed by atoms with Crippen LogP contribution in [0.3, 0.4) is 0 Å². The molecule has 0 bridgehead atoms. The van der Waals surface area contributed by atoms with E-state index < -0.39 is 17.6 Å². The molecule has 7 nitrogen and oxygen atoms in total. The Hall–Kier alpha value is -2.71. The van der Waals surface area contributed by atoms with Crippen LogP contribution in [0.15, 0.2) is 42.6 Å². The second-order valence-electron chi connectivity index (χ2n) is 7.07. The highest BCUT2D eigenvalue weighted by Gasteiger charge is 2.26. The van der Waals surface area contributed by atoms with Gasteiger partial charge in [-0.05, 0) is 43.4 Å². The van der Waals surface area contributed by atoms with Crippen molar-refractivity contribution in [2.45, 2.75) is 6.04 Å². The van der Waals surface area contributed by atoms with Gasteiger partial charge in [-0.1, -0.05) is 0 Å². The van der Waals surface area contributed by atoms with Crippen LogP contribution in [-0.2, 0) is 16.6 Å². The molecule has 3 rings (SSSR count). The number of rotatable bonds is 5. The molecule has 2 heterocycles. The summed E-state index contributed by atoms with van der Waals surface area (Å²) >= 11 is 0. The summed E-state index contributed by atoms with van der Waals surface area (Å²) in [6, 6.07) is 9.28. The molecule has 0 saturated carbocycles. The highest BCUT2D eigenvalue weighted by molar-refractivity contribution is 6.39. The van der Waals surface area contributed by atoms with Gasteiger partial charge in [-0.3, -0.25) is 14.5 Å². The van der Waals surface area contributed by atoms with Gasteiger partial charge in [0.15, 0.2) is 0 Å². The average Bonchev–Trinajstić information content (AvgIpc) is 3.10. The summed E-state index contributed by atoms with van der Waals surface area (Å²) in [6.07, 6.45) is 1.97. The number of nitrogens with zero attached hydrogens (tertiary/aromatic N) is 3. The van der Waals surface area contributed by atoms with Crippen LogP contribution in [-0.4, -0.2) is 66.0 Å². The number of halogens is 1. The molecule has 8 heteroatoms. The van der Waals surface area contributed by atoms with Crippen LogP contribution in [0.25, 0.3) is 0 Å². The number of hydrogen-bond donors (Lipinski definition) is 2. The van der Waals surface area contributed by atoms with Gasteiger partial charge in [-0.15, -0.1) is 0 Å². The van der Waals surface area contributed by atoms with Crippen LogP contribution >= 0.6 is 0 Å². The van der Waals surface area contributed by atoms with E-state index in [0.717, 1.165) is 31.9 Å². The van der Waals surface area contributed by atoms with Gasteiger partial charge in [-0.2, -0.15) is 0 Å². The lowest BCUT2D eigenvalue weighted by Crippen LogP contribution is -2.49. The van der Waals surface area contributed by atoms with Crippen molar-refractivity contribution >= 4 is 17.5 Å². The van der Waals surface area contributed by atoms with Crippen molar-refractivity contribution in [1.82, 2.24) is 19.7 Å². The monoisotopic (exact) mass is 387 g/mol. The highest BCUT2D eigenvalue weighted by Crippen LogP contribution is 2.21. The molecule has 1 saturated heterocycles. The van der Waals surface area contributed by atoms with Gasteiger partial charge in [0.1, 0.15) is 5.82 Å². The van der Waals surface area contributed by atoms with Gasteiger partial charge in [0.05, 0.1) is 6.04 Å². The van der Waals surface area contributed by atoms with Crippen molar-refractivity contribution in [1.29, 1.82) is 0 Å². The molecule has 0 radical (unpaired) electrons. The van der Waals surface area contributed by atoms with E-state index in [4.69, 9.17) is 0 Å². The lowest BCUT2D eigenvalue weighted by molar-refractivity contribution is -0.136. The zero-order valence-electron chi connectivity index (χ0n) is 16.2.